The van der Waals surface area contributed by atoms with Gasteiger partial charge in [-0.25, -0.2) is 4.79 Å². The first-order valence-corrected chi connectivity index (χ1v) is 8.17. The van der Waals surface area contributed by atoms with Crippen LogP contribution in [0, 0.1) is 0 Å². The molecule has 4 nitrogen and oxygen atoms in total. The van der Waals surface area contributed by atoms with E-state index in [1.54, 1.807) is 48.3 Å². The highest BCUT2D eigenvalue weighted by molar-refractivity contribution is 6.05. The maximum absolute atomic E-state index is 12.4. The van der Waals surface area contributed by atoms with Gasteiger partial charge in [-0.05, 0) is 49.7 Å². The molecule has 0 aliphatic heterocycles. The number of hydrogen-bond acceptors (Lipinski definition) is 3. The van der Waals surface area contributed by atoms with Gasteiger partial charge in [-0.15, -0.1) is 0 Å². The fraction of sp³-hybridized carbons (Fsp3) is 0.300. The van der Waals surface area contributed by atoms with Crippen molar-refractivity contribution in [2.75, 3.05) is 11.9 Å². The molecule has 2 aromatic carbocycles. The van der Waals surface area contributed by atoms with Crippen molar-refractivity contribution in [3.63, 3.8) is 0 Å². The Kier molecular flexibility index (Phi) is 6.13. The monoisotopic (exact) mass is 325 g/mol. The van der Waals surface area contributed by atoms with Crippen LogP contribution in [-0.4, -0.2) is 25.0 Å². The first-order valence-electron chi connectivity index (χ1n) is 8.17. The van der Waals surface area contributed by atoms with Crippen molar-refractivity contribution in [1.29, 1.82) is 0 Å². The van der Waals surface area contributed by atoms with Crippen LogP contribution in [-0.2, 0) is 4.74 Å². The molecular weight excluding hydrogens is 302 g/mol. The number of benzene rings is 2. The lowest BCUT2D eigenvalue weighted by Crippen LogP contribution is -2.26. The molecule has 0 saturated heterocycles. The maximum Gasteiger partial charge on any atom is 0.338 e. The van der Waals surface area contributed by atoms with Crippen LogP contribution in [0.4, 0.5) is 5.69 Å². The predicted octanol–water partition coefficient (Wildman–Crippen LogP) is 4.31. The van der Waals surface area contributed by atoms with Gasteiger partial charge in [-0.3, -0.25) is 4.79 Å². The number of nitrogens with zero attached hydrogens (tertiary/aromatic N) is 1. The largest absolute Gasteiger partial charge is 0.459 e. The molecule has 0 bridgehead atoms. The minimum Gasteiger partial charge on any atom is -0.459 e. The van der Waals surface area contributed by atoms with Gasteiger partial charge in [0.25, 0.3) is 5.91 Å². The van der Waals surface area contributed by atoms with Crippen LogP contribution in [0.15, 0.2) is 54.6 Å². The molecule has 0 fully saturated rings. The summed E-state index contributed by atoms with van der Waals surface area (Å²) in [6.07, 6.45) is 1.72. The van der Waals surface area contributed by atoms with E-state index in [9.17, 15) is 9.59 Å². The van der Waals surface area contributed by atoms with Crippen LogP contribution in [0.25, 0.3) is 0 Å². The molecule has 0 N–H and O–H groups in total. The summed E-state index contributed by atoms with van der Waals surface area (Å²) < 4.78 is 5.37. The Hall–Kier alpha value is -2.62. The Labute approximate surface area is 143 Å². The summed E-state index contributed by atoms with van der Waals surface area (Å²) in [5, 5.41) is 0. The highest BCUT2D eigenvalue weighted by Gasteiger charge is 2.15. The summed E-state index contributed by atoms with van der Waals surface area (Å²) >= 11 is 0. The van der Waals surface area contributed by atoms with Gasteiger partial charge in [-0.1, -0.05) is 31.5 Å². The van der Waals surface area contributed by atoms with Gasteiger partial charge in [0, 0.05) is 18.3 Å². The van der Waals surface area contributed by atoms with E-state index in [0.717, 1.165) is 18.5 Å². The van der Waals surface area contributed by atoms with Crippen molar-refractivity contribution in [2.45, 2.75) is 32.8 Å². The van der Waals surface area contributed by atoms with Crippen LogP contribution in [0.2, 0.25) is 0 Å². The van der Waals surface area contributed by atoms with Crippen LogP contribution in [0.3, 0.4) is 0 Å². The summed E-state index contributed by atoms with van der Waals surface area (Å²) in [5.41, 5.74) is 1.83. The van der Waals surface area contributed by atoms with E-state index >= 15 is 0 Å². The molecule has 1 amide bonds. The lowest BCUT2D eigenvalue weighted by molar-refractivity contribution is 0.0323. The molecule has 0 aromatic heterocycles. The average Bonchev–Trinajstić information content (AvgIpc) is 2.61. The number of rotatable bonds is 6. The number of hydrogen-bond donors (Lipinski definition) is 0. The van der Waals surface area contributed by atoms with Gasteiger partial charge >= 0.3 is 5.97 Å². The third-order valence-electron chi connectivity index (χ3n) is 3.82. The molecule has 126 valence electrons. The van der Waals surface area contributed by atoms with Crippen molar-refractivity contribution in [3.8, 4) is 0 Å². The zero-order valence-corrected chi connectivity index (χ0v) is 14.4. The summed E-state index contributed by atoms with van der Waals surface area (Å²) in [5.74, 6) is -0.429. The lowest BCUT2D eigenvalue weighted by atomic mass is 10.1. The van der Waals surface area contributed by atoms with Crippen LogP contribution >= 0.6 is 0 Å². The number of ether oxygens (including phenoxy) is 1. The summed E-state index contributed by atoms with van der Waals surface area (Å²) in [7, 11) is 1.71. The molecule has 0 heterocycles. The lowest BCUT2D eigenvalue weighted by Gasteiger charge is -2.18. The van der Waals surface area contributed by atoms with E-state index in [2.05, 4.69) is 6.92 Å². The number of carbonyl (C=O) groups excluding carboxylic acids is 2. The number of amides is 1. The van der Waals surface area contributed by atoms with Crippen LogP contribution in [0.1, 0.15) is 47.4 Å². The second-order valence-electron chi connectivity index (χ2n) is 5.78. The third-order valence-corrected chi connectivity index (χ3v) is 3.82. The van der Waals surface area contributed by atoms with Gasteiger partial charge in [0.1, 0.15) is 0 Å². The van der Waals surface area contributed by atoms with Gasteiger partial charge in [-0.2, -0.15) is 0 Å². The van der Waals surface area contributed by atoms with E-state index in [1.165, 1.54) is 0 Å². The quantitative estimate of drug-likeness (QED) is 0.744. The Morgan fingerprint density at radius 1 is 1.00 bits per heavy atom. The molecule has 1 unspecified atom stereocenters. The third kappa shape index (κ3) is 4.44. The number of esters is 1. The van der Waals surface area contributed by atoms with E-state index in [0.29, 0.717) is 11.1 Å². The molecule has 2 rings (SSSR count). The normalized spacial score (nSPS) is 11.6. The van der Waals surface area contributed by atoms with E-state index in [4.69, 9.17) is 4.74 Å². The molecule has 0 aliphatic rings. The summed E-state index contributed by atoms with van der Waals surface area (Å²) in [4.78, 5) is 26.0. The zero-order chi connectivity index (χ0) is 17.5. The van der Waals surface area contributed by atoms with Crippen molar-refractivity contribution < 1.29 is 14.3 Å². The van der Waals surface area contributed by atoms with Crippen molar-refractivity contribution in [3.05, 3.63) is 65.7 Å². The minimum absolute atomic E-state index is 0.0930. The fourth-order valence-electron chi connectivity index (χ4n) is 2.43. The molecule has 0 spiro atoms. The highest BCUT2D eigenvalue weighted by atomic mass is 16.5. The second kappa shape index (κ2) is 8.29. The Morgan fingerprint density at radius 2 is 1.62 bits per heavy atom. The Balaban J connectivity index is 2.06. The summed E-state index contributed by atoms with van der Waals surface area (Å²) in [6, 6.07) is 16.0. The van der Waals surface area contributed by atoms with Crippen molar-refractivity contribution >= 4 is 17.6 Å². The minimum atomic E-state index is -0.334. The SMILES string of the molecule is CCCC(C)OC(=O)c1ccc(N(C)C(=O)c2ccccc2)cc1. The molecule has 0 radical (unpaired) electrons. The van der Waals surface area contributed by atoms with Gasteiger partial charge in [0.05, 0.1) is 11.7 Å². The maximum atomic E-state index is 12.4. The van der Waals surface area contributed by atoms with E-state index in [1.807, 2.05) is 25.1 Å². The molecule has 1 atom stereocenters. The molecule has 4 heteroatoms. The first-order chi connectivity index (χ1) is 11.5. The zero-order valence-electron chi connectivity index (χ0n) is 14.4. The Morgan fingerprint density at radius 3 is 2.21 bits per heavy atom. The van der Waals surface area contributed by atoms with E-state index in [-0.39, 0.29) is 18.0 Å². The van der Waals surface area contributed by atoms with Crippen LogP contribution in [0.5, 0.6) is 0 Å². The van der Waals surface area contributed by atoms with E-state index < -0.39 is 0 Å². The molecule has 24 heavy (non-hydrogen) atoms. The van der Waals surface area contributed by atoms with Gasteiger partial charge in [0.15, 0.2) is 0 Å². The molecule has 0 saturated carbocycles. The first kappa shape index (κ1) is 17.7. The number of anilines is 1. The van der Waals surface area contributed by atoms with Gasteiger partial charge in [0.2, 0.25) is 0 Å². The van der Waals surface area contributed by atoms with Gasteiger partial charge < -0.3 is 9.64 Å². The average molecular weight is 325 g/mol. The molecular formula is C20H23NO3. The smallest absolute Gasteiger partial charge is 0.338 e. The molecule has 0 aliphatic carbocycles. The summed E-state index contributed by atoms with van der Waals surface area (Å²) in [6.45, 7) is 3.95. The highest BCUT2D eigenvalue weighted by Crippen LogP contribution is 2.17. The molecule has 2 aromatic rings. The predicted molar refractivity (Wildman–Crippen MR) is 95.4 cm³/mol. The van der Waals surface area contributed by atoms with Crippen molar-refractivity contribution in [1.82, 2.24) is 0 Å². The fourth-order valence-corrected chi connectivity index (χ4v) is 2.43. The number of carbonyl (C=O) groups is 2. The standard InChI is InChI=1S/C20H23NO3/c1-4-8-15(2)24-20(23)17-11-13-18(14-12-17)21(3)19(22)16-9-6-5-7-10-16/h5-7,9-15H,4,8H2,1-3H3. The van der Waals surface area contributed by atoms with Crippen molar-refractivity contribution in [2.24, 2.45) is 0 Å². The Bertz CT molecular complexity index is 680. The van der Waals surface area contributed by atoms with Crippen LogP contribution < -0.4 is 4.90 Å². The second-order valence-corrected chi connectivity index (χ2v) is 5.78. The topological polar surface area (TPSA) is 46.6 Å².